The molecule has 0 spiro atoms. The highest BCUT2D eigenvalue weighted by molar-refractivity contribution is 7.98. The Balaban J connectivity index is 1.77. The molecule has 1 aromatic rings. The van der Waals surface area contributed by atoms with E-state index in [-0.39, 0.29) is 0 Å². The number of guanidine groups is 1. The van der Waals surface area contributed by atoms with Crippen LogP contribution in [0, 0.1) is 0 Å². The van der Waals surface area contributed by atoms with Gasteiger partial charge in [0, 0.05) is 32.5 Å². The molecule has 0 radical (unpaired) electrons. The SMILES string of the molecule is CCc1nc2n(n1)CC(NC(=NC)NCCCCSC)CC2. The van der Waals surface area contributed by atoms with E-state index in [1.165, 1.54) is 18.6 Å². The minimum Gasteiger partial charge on any atom is -0.356 e. The monoisotopic (exact) mass is 324 g/mol. The lowest BCUT2D eigenvalue weighted by molar-refractivity contribution is 0.392. The molecule has 6 nitrogen and oxygen atoms in total. The van der Waals surface area contributed by atoms with Gasteiger partial charge in [0.15, 0.2) is 11.8 Å². The number of nitrogens with one attached hydrogen (secondary N) is 2. The van der Waals surface area contributed by atoms with E-state index in [1.54, 1.807) is 0 Å². The van der Waals surface area contributed by atoms with Crippen LogP contribution in [0.2, 0.25) is 0 Å². The summed E-state index contributed by atoms with van der Waals surface area (Å²) < 4.78 is 2.05. The van der Waals surface area contributed by atoms with Crippen molar-refractivity contribution >= 4 is 17.7 Å². The fourth-order valence-electron chi connectivity index (χ4n) is 2.59. The molecule has 22 heavy (non-hydrogen) atoms. The Morgan fingerprint density at radius 1 is 1.45 bits per heavy atom. The molecular formula is C15H28N6S. The molecule has 1 unspecified atom stereocenters. The van der Waals surface area contributed by atoms with Crippen molar-refractivity contribution in [2.24, 2.45) is 4.99 Å². The van der Waals surface area contributed by atoms with E-state index in [0.29, 0.717) is 6.04 Å². The van der Waals surface area contributed by atoms with Gasteiger partial charge in [-0.15, -0.1) is 0 Å². The van der Waals surface area contributed by atoms with Crippen LogP contribution < -0.4 is 10.6 Å². The molecule has 1 aromatic heterocycles. The Labute approximate surface area is 137 Å². The highest BCUT2D eigenvalue weighted by Crippen LogP contribution is 2.13. The van der Waals surface area contributed by atoms with E-state index in [4.69, 9.17) is 0 Å². The molecule has 0 fully saturated rings. The minimum atomic E-state index is 0.372. The lowest BCUT2D eigenvalue weighted by atomic mass is 10.1. The summed E-state index contributed by atoms with van der Waals surface area (Å²) in [4.78, 5) is 8.88. The van der Waals surface area contributed by atoms with Crippen LogP contribution in [-0.4, -0.2) is 52.4 Å². The van der Waals surface area contributed by atoms with Crippen LogP contribution in [0.1, 0.15) is 37.8 Å². The maximum Gasteiger partial charge on any atom is 0.191 e. The first-order valence-corrected chi connectivity index (χ1v) is 9.55. The average molecular weight is 324 g/mol. The van der Waals surface area contributed by atoms with Gasteiger partial charge < -0.3 is 10.6 Å². The molecule has 2 rings (SSSR count). The molecule has 0 saturated carbocycles. The van der Waals surface area contributed by atoms with Crippen LogP contribution in [0.5, 0.6) is 0 Å². The Bertz CT molecular complexity index is 484. The molecule has 2 N–H and O–H groups in total. The van der Waals surface area contributed by atoms with Gasteiger partial charge in [0.2, 0.25) is 0 Å². The van der Waals surface area contributed by atoms with Crippen LogP contribution in [0.3, 0.4) is 0 Å². The summed E-state index contributed by atoms with van der Waals surface area (Å²) in [6, 6.07) is 0.372. The second-order valence-electron chi connectivity index (χ2n) is 5.56. The summed E-state index contributed by atoms with van der Waals surface area (Å²) in [5.41, 5.74) is 0. The average Bonchev–Trinajstić information content (AvgIpc) is 2.95. The fourth-order valence-corrected chi connectivity index (χ4v) is 3.09. The number of nitrogens with zero attached hydrogens (tertiary/aromatic N) is 4. The maximum absolute atomic E-state index is 4.56. The van der Waals surface area contributed by atoms with E-state index >= 15 is 0 Å². The molecule has 0 amide bonds. The molecule has 1 atom stereocenters. The summed E-state index contributed by atoms with van der Waals surface area (Å²) in [6.07, 6.45) is 7.54. The second kappa shape index (κ2) is 9.02. The van der Waals surface area contributed by atoms with Crippen LogP contribution >= 0.6 is 11.8 Å². The standard InChI is InChI=1S/C15H28N6S/c1-4-13-19-14-8-7-12(11-21(14)20-13)18-15(16-2)17-9-5-6-10-22-3/h12H,4-11H2,1-3H3,(H2,16,17,18). The van der Waals surface area contributed by atoms with Gasteiger partial charge in [0.25, 0.3) is 0 Å². The first-order chi connectivity index (χ1) is 10.8. The van der Waals surface area contributed by atoms with Crippen LogP contribution in [-0.2, 0) is 19.4 Å². The fraction of sp³-hybridized carbons (Fsp3) is 0.800. The van der Waals surface area contributed by atoms with Gasteiger partial charge >= 0.3 is 0 Å². The van der Waals surface area contributed by atoms with Crippen LogP contribution in [0.25, 0.3) is 0 Å². The van der Waals surface area contributed by atoms with Crippen molar-refractivity contribution in [3.8, 4) is 0 Å². The van der Waals surface area contributed by atoms with Gasteiger partial charge in [-0.25, -0.2) is 9.67 Å². The van der Waals surface area contributed by atoms with E-state index < -0.39 is 0 Å². The molecule has 0 saturated heterocycles. The van der Waals surface area contributed by atoms with Gasteiger partial charge in [0.05, 0.1) is 6.54 Å². The van der Waals surface area contributed by atoms with Gasteiger partial charge in [-0.3, -0.25) is 4.99 Å². The van der Waals surface area contributed by atoms with Crippen molar-refractivity contribution in [1.82, 2.24) is 25.4 Å². The quantitative estimate of drug-likeness (QED) is 0.452. The predicted octanol–water partition coefficient (Wildman–Crippen LogP) is 1.46. The van der Waals surface area contributed by atoms with Gasteiger partial charge in [-0.2, -0.15) is 16.9 Å². The summed E-state index contributed by atoms with van der Waals surface area (Å²) in [7, 11) is 1.83. The molecule has 124 valence electrons. The Kier molecular flexibility index (Phi) is 7.02. The molecule has 1 aliphatic rings. The van der Waals surface area contributed by atoms with Crippen molar-refractivity contribution < 1.29 is 0 Å². The molecule has 0 bridgehead atoms. The Morgan fingerprint density at radius 3 is 3.05 bits per heavy atom. The normalized spacial score (nSPS) is 18.1. The van der Waals surface area contributed by atoms with Gasteiger partial charge in [-0.1, -0.05) is 6.92 Å². The first kappa shape index (κ1) is 17.1. The number of thioether (sulfide) groups is 1. The van der Waals surface area contributed by atoms with Gasteiger partial charge in [-0.05, 0) is 31.3 Å². The van der Waals surface area contributed by atoms with Gasteiger partial charge in [0.1, 0.15) is 5.82 Å². The summed E-state index contributed by atoms with van der Waals surface area (Å²) in [5, 5.41) is 11.5. The zero-order valence-electron chi connectivity index (χ0n) is 13.9. The highest BCUT2D eigenvalue weighted by Gasteiger charge is 2.21. The summed E-state index contributed by atoms with van der Waals surface area (Å²) >= 11 is 1.90. The van der Waals surface area contributed by atoms with Crippen molar-refractivity contribution in [3.63, 3.8) is 0 Å². The third-order valence-corrected chi connectivity index (χ3v) is 4.55. The summed E-state index contributed by atoms with van der Waals surface area (Å²) in [5.74, 6) is 4.20. The molecule has 7 heteroatoms. The number of fused-ring (bicyclic) bond motifs is 1. The van der Waals surface area contributed by atoms with E-state index in [1.807, 2.05) is 23.5 Å². The Hall–Kier alpha value is -1.24. The zero-order chi connectivity index (χ0) is 15.8. The molecule has 1 aliphatic heterocycles. The number of aryl methyl sites for hydroxylation is 2. The van der Waals surface area contributed by atoms with E-state index in [2.05, 4.69) is 38.9 Å². The lowest BCUT2D eigenvalue weighted by Crippen LogP contribution is -2.47. The largest absolute Gasteiger partial charge is 0.356 e. The van der Waals surface area contributed by atoms with Crippen molar-refractivity contribution in [2.75, 3.05) is 25.6 Å². The number of aliphatic imine (C=N–C) groups is 1. The molecule has 2 heterocycles. The second-order valence-corrected chi connectivity index (χ2v) is 6.54. The molecule has 0 aliphatic carbocycles. The molecule has 0 aromatic carbocycles. The minimum absolute atomic E-state index is 0.372. The van der Waals surface area contributed by atoms with E-state index in [0.717, 1.165) is 50.0 Å². The molecular weight excluding hydrogens is 296 g/mol. The third kappa shape index (κ3) is 4.90. The summed E-state index contributed by atoms with van der Waals surface area (Å²) in [6.45, 7) is 3.94. The topological polar surface area (TPSA) is 67.1 Å². The number of hydrogen-bond acceptors (Lipinski definition) is 4. The lowest BCUT2D eigenvalue weighted by Gasteiger charge is -2.25. The number of hydrogen-bond donors (Lipinski definition) is 2. The van der Waals surface area contributed by atoms with E-state index in [9.17, 15) is 0 Å². The van der Waals surface area contributed by atoms with Crippen molar-refractivity contribution in [3.05, 3.63) is 11.6 Å². The zero-order valence-corrected chi connectivity index (χ0v) is 14.7. The number of unbranched alkanes of at least 4 members (excludes halogenated alkanes) is 1. The van der Waals surface area contributed by atoms with Crippen LogP contribution in [0.15, 0.2) is 4.99 Å². The van der Waals surface area contributed by atoms with Crippen molar-refractivity contribution in [2.45, 2.75) is 51.6 Å². The third-order valence-electron chi connectivity index (χ3n) is 3.85. The number of aromatic nitrogens is 3. The number of rotatable bonds is 7. The Morgan fingerprint density at radius 2 is 2.32 bits per heavy atom. The smallest absolute Gasteiger partial charge is 0.191 e. The van der Waals surface area contributed by atoms with Crippen molar-refractivity contribution in [1.29, 1.82) is 0 Å². The highest BCUT2D eigenvalue weighted by atomic mass is 32.2. The van der Waals surface area contributed by atoms with Crippen LogP contribution in [0.4, 0.5) is 0 Å². The first-order valence-electron chi connectivity index (χ1n) is 8.15. The maximum atomic E-state index is 4.56. The predicted molar refractivity (Wildman–Crippen MR) is 93.6 cm³/mol.